The Bertz CT molecular complexity index is 569. The van der Waals surface area contributed by atoms with Crippen molar-refractivity contribution in [3.63, 3.8) is 0 Å². The van der Waals surface area contributed by atoms with E-state index in [9.17, 15) is 9.90 Å². The van der Waals surface area contributed by atoms with Gasteiger partial charge in [-0.3, -0.25) is 4.79 Å². The zero-order valence-electron chi connectivity index (χ0n) is 13.1. The number of amides is 1. The van der Waals surface area contributed by atoms with Gasteiger partial charge >= 0.3 is 0 Å². The van der Waals surface area contributed by atoms with E-state index < -0.39 is 6.10 Å². The molecule has 1 aliphatic rings. The molecule has 1 aromatic carbocycles. The highest BCUT2D eigenvalue weighted by Crippen LogP contribution is 2.27. The van der Waals surface area contributed by atoms with Crippen LogP contribution in [0.5, 0.6) is 5.75 Å². The van der Waals surface area contributed by atoms with E-state index in [1.165, 1.54) is 18.9 Å². The van der Waals surface area contributed by atoms with Gasteiger partial charge in [0.15, 0.2) is 6.61 Å². The fourth-order valence-electron chi connectivity index (χ4n) is 2.74. The zero-order valence-corrected chi connectivity index (χ0v) is 13.1. The number of ether oxygens (including phenoxy) is 1. The normalized spacial score (nSPS) is 16.2. The summed E-state index contributed by atoms with van der Waals surface area (Å²) < 4.78 is 5.16. The Morgan fingerprint density at radius 3 is 2.74 bits per heavy atom. The number of aliphatic hydroxyl groups excluding tert-OH is 1. The van der Waals surface area contributed by atoms with Gasteiger partial charge in [-0.05, 0) is 42.5 Å². The number of aliphatic hydroxyl groups is 1. The Kier molecular flexibility index (Phi) is 6.64. The summed E-state index contributed by atoms with van der Waals surface area (Å²) in [5.74, 6) is 0.722. The maximum Gasteiger partial charge on any atom is 0.244 e. The van der Waals surface area contributed by atoms with Crippen LogP contribution in [0.4, 0.5) is 0 Å². The number of rotatable bonds is 7. The second-order valence-corrected chi connectivity index (χ2v) is 5.71. The molecule has 5 heteroatoms. The molecule has 23 heavy (non-hydrogen) atoms. The average Bonchev–Trinajstić information content (AvgIpc) is 3.11. The van der Waals surface area contributed by atoms with Crippen molar-refractivity contribution in [3.8, 4) is 11.8 Å². The Morgan fingerprint density at radius 2 is 2.09 bits per heavy atom. The van der Waals surface area contributed by atoms with Crippen LogP contribution in [0.2, 0.25) is 0 Å². The molecule has 1 aromatic rings. The van der Waals surface area contributed by atoms with Crippen LogP contribution >= 0.6 is 0 Å². The van der Waals surface area contributed by atoms with Crippen LogP contribution in [-0.2, 0) is 4.79 Å². The molecule has 2 rings (SSSR count). The summed E-state index contributed by atoms with van der Waals surface area (Å²) >= 11 is 0. The summed E-state index contributed by atoms with van der Waals surface area (Å²) in [4.78, 5) is 11.8. The van der Waals surface area contributed by atoms with Crippen molar-refractivity contribution in [1.29, 1.82) is 5.26 Å². The molecular weight excluding hydrogens is 292 g/mol. The summed E-state index contributed by atoms with van der Waals surface area (Å²) in [6.45, 7) is 0.315. The molecule has 0 radical (unpaired) electrons. The molecule has 1 atom stereocenters. The van der Waals surface area contributed by atoms with E-state index in [4.69, 9.17) is 10.00 Å². The Labute approximate surface area is 136 Å². The van der Waals surface area contributed by atoms with Crippen molar-refractivity contribution < 1.29 is 14.6 Å². The van der Waals surface area contributed by atoms with Gasteiger partial charge in [-0.1, -0.05) is 25.0 Å². The minimum absolute atomic E-state index is 0.0148. The molecule has 5 nitrogen and oxygen atoms in total. The van der Waals surface area contributed by atoms with Gasteiger partial charge in [0.05, 0.1) is 6.10 Å². The lowest BCUT2D eigenvalue weighted by atomic mass is 10.0. The monoisotopic (exact) mass is 314 g/mol. The topological polar surface area (TPSA) is 82.3 Å². The quantitative estimate of drug-likeness (QED) is 0.756. The standard InChI is InChI=1S/C18H22N2O3/c19-11-12-23-16-8-5-14(6-9-16)7-10-18(22)20-13-17(21)15-3-1-2-4-15/h5-10,15,17,21H,1-4,12-13H2,(H,20,22)/b10-7+. The summed E-state index contributed by atoms with van der Waals surface area (Å²) in [6, 6.07) is 9.02. The smallest absolute Gasteiger partial charge is 0.244 e. The number of nitrogens with one attached hydrogen (secondary N) is 1. The third-order valence-electron chi connectivity index (χ3n) is 4.04. The molecule has 1 aliphatic carbocycles. The van der Waals surface area contributed by atoms with Gasteiger partial charge in [-0.2, -0.15) is 5.26 Å². The highest BCUT2D eigenvalue weighted by Gasteiger charge is 2.22. The zero-order chi connectivity index (χ0) is 16.5. The maximum absolute atomic E-state index is 11.8. The summed E-state index contributed by atoms with van der Waals surface area (Å²) in [5.41, 5.74) is 0.862. The highest BCUT2D eigenvalue weighted by atomic mass is 16.5. The first-order chi connectivity index (χ1) is 11.2. The molecule has 2 N–H and O–H groups in total. The molecule has 0 bridgehead atoms. The molecule has 0 aliphatic heterocycles. The van der Waals surface area contributed by atoms with E-state index >= 15 is 0 Å². The van der Waals surface area contributed by atoms with Crippen molar-refractivity contribution in [2.75, 3.05) is 13.2 Å². The van der Waals surface area contributed by atoms with E-state index in [2.05, 4.69) is 5.32 Å². The average molecular weight is 314 g/mol. The number of hydrogen-bond acceptors (Lipinski definition) is 4. The molecule has 0 saturated heterocycles. The van der Waals surface area contributed by atoms with E-state index in [1.807, 2.05) is 18.2 Å². The first-order valence-electron chi connectivity index (χ1n) is 7.93. The minimum atomic E-state index is -0.452. The van der Waals surface area contributed by atoms with Gasteiger partial charge in [0, 0.05) is 12.6 Å². The Balaban J connectivity index is 1.75. The van der Waals surface area contributed by atoms with Crippen LogP contribution in [0.25, 0.3) is 6.08 Å². The predicted octanol–water partition coefficient (Wildman–Crippen LogP) is 2.27. The van der Waals surface area contributed by atoms with Crippen LogP contribution in [0, 0.1) is 17.2 Å². The molecule has 1 fully saturated rings. The third kappa shape index (κ3) is 5.76. The van der Waals surface area contributed by atoms with Gasteiger partial charge in [0.25, 0.3) is 0 Å². The second kappa shape index (κ2) is 8.96. The van der Waals surface area contributed by atoms with Crippen molar-refractivity contribution in [2.24, 2.45) is 5.92 Å². The predicted molar refractivity (Wildman–Crippen MR) is 87.6 cm³/mol. The fraction of sp³-hybridized carbons (Fsp3) is 0.444. The van der Waals surface area contributed by atoms with Crippen molar-refractivity contribution in [1.82, 2.24) is 5.32 Å². The molecule has 0 spiro atoms. The number of nitriles is 1. The lowest BCUT2D eigenvalue weighted by Crippen LogP contribution is -2.34. The molecule has 0 aromatic heterocycles. The van der Waals surface area contributed by atoms with Crippen LogP contribution in [0.15, 0.2) is 30.3 Å². The number of nitrogens with zero attached hydrogens (tertiary/aromatic N) is 1. The number of benzene rings is 1. The minimum Gasteiger partial charge on any atom is -0.479 e. The van der Waals surface area contributed by atoms with Crippen molar-refractivity contribution in [2.45, 2.75) is 31.8 Å². The second-order valence-electron chi connectivity index (χ2n) is 5.71. The van der Waals surface area contributed by atoms with Crippen LogP contribution in [0.3, 0.4) is 0 Å². The molecule has 1 amide bonds. The van der Waals surface area contributed by atoms with E-state index in [-0.39, 0.29) is 12.5 Å². The Morgan fingerprint density at radius 1 is 1.39 bits per heavy atom. The first-order valence-corrected chi connectivity index (χ1v) is 7.93. The Hall–Kier alpha value is -2.32. The van der Waals surface area contributed by atoms with E-state index in [0.717, 1.165) is 18.4 Å². The number of carbonyl (C=O) groups is 1. The summed E-state index contributed by atoms with van der Waals surface area (Å²) in [7, 11) is 0. The fourth-order valence-corrected chi connectivity index (χ4v) is 2.74. The number of carbonyl (C=O) groups excluding carboxylic acids is 1. The SMILES string of the molecule is N#CCOc1ccc(/C=C/C(=O)NCC(O)C2CCCC2)cc1. The molecule has 122 valence electrons. The lowest BCUT2D eigenvalue weighted by molar-refractivity contribution is -0.117. The molecule has 1 unspecified atom stereocenters. The highest BCUT2D eigenvalue weighted by molar-refractivity contribution is 5.91. The molecular formula is C18H22N2O3. The van der Waals surface area contributed by atoms with Crippen LogP contribution in [-0.4, -0.2) is 30.3 Å². The summed E-state index contributed by atoms with van der Waals surface area (Å²) in [5, 5.41) is 21.2. The van der Waals surface area contributed by atoms with E-state index in [0.29, 0.717) is 18.2 Å². The number of hydrogen-bond donors (Lipinski definition) is 2. The van der Waals surface area contributed by atoms with Crippen LogP contribution in [0.1, 0.15) is 31.2 Å². The van der Waals surface area contributed by atoms with Gasteiger partial charge in [0.2, 0.25) is 5.91 Å². The lowest BCUT2D eigenvalue weighted by Gasteiger charge is -2.17. The van der Waals surface area contributed by atoms with E-state index in [1.54, 1.807) is 18.2 Å². The van der Waals surface area contributed by atoms with Gasteiger partial charge in [0.1, 0.15) is 11.8 Å². The van der Waals surface area contributed by atoms with Crippen molar-refractivity contribution >= 4 is 12.0 Å². The largest absolute Gasteiger partial charge is 0.479 e. The van der Waals surface area contributed by atoms with Gasteiger partial charge in [-0.15, -0.1) is 0 Å². The van der Waals surface area contributed by atoms with Gasteiger partial charge < -0.3 is 15.2 Å². The summed E-state index contributed by atoms with van der Waals surface area (Å²) in [6.07, 6.45) is 7.14. The van der Waals surface area contributed by atoms with Crippen LogP contribution < -0.4 is 10.1 Å². The third-order valence-corrected chi connectivity index (χ3v) is 4.04. The molecule has 0 heterocycles. The first kappa shape index (κ1) is 17.0. The molecule has 1 saturated carbocycles. The maximum atomic E-state index is 11.8. The van der Waals surface area contributed by atoms with Crippen molar-refractivity contribution in [3.05, 3.63) is 35.9 Å². The van der Waals surface area contributed by atoms with Gasteiger partial charge in [-0.25, -0.2) is 0 Å².